The van der Waals surface area contributed by atoms with Crippen LogP contribution in [0.1, 0.15) is 6.92 Å². The molecule has 4 nitrogen and oxygen atoms in total. The predicted octanol–water partition coefficient (Wildman–Crippen LogP) is 1.69. The number of allylic oxidation sites excluding steroid dienone is 2. The highest BCUT2D eigenvalue weighted by Gasteiger charge is 2.52. The molecular weight excluding hydrogens is 271 g/mol. The summed E-state index contributed by atoms with van der Waals surface area (Å²) in [5, 5.41) is 0. The van der Waals surface area contributed by atoms with Crippen LogP contribution in [0.5, 0.6) is 0 Å². The van der Waals surface area contributed by atoms with Crippen molar-refractivity contribution in [1.82, 2.24) is 0 Å². The second kappa shape index (κ2) is 4.42. The van der Waals surface area contributed by atoms with Crippen molar-refractivity contribution in [1.29, 1.82) is 0 Å². The van der Waals surface area contributed by atoms with Gasteiger partial charge in [-0.15, -0.1) is 11.1 Å². The maximum atomic E-state index is 12.2. The van der Waals surface area contributed by atoms with Crippen molar-refractivity contribution >= 4 is 10.1 Å². The number of nitrogens with zero attached hydrogens (tertiary/aromatic N) is 1. The van der Waals surface area contributed by atoms with E-state index in [-0.39, 0.29) is 6.54 Å². The fraction of sp³-hybridized carbons (Fsp3) is 0.400. The van der Waals surface area contributed by atoms with Crippen LogP contribution in [0.3, 0.4) is 0 Å². The molecule has 100 valence electrons. The zero-order valence-electron chi connectivity index (χ0n) is 9.65. The van der Waals surface area contributed by atoms with Crippen LogP contribution < -0.4 is 0 Å². The molecule has 1 unspecified atom stereocenters. The Kier molecular flexibility index (Phi) is 3.63. The Morgan fingerprint density at radius 2 is 2.06 bits per heavy atom. The van der Waals surface area contributed by atoms with Gasteiger partial charge in [0.05, 0.1) is 0 Å². The summed E-state index contributed by atoms with van der Waals surface area (Å²) in [4.78, 5) is 0. The van der Waals surface area contributed by atoms with Gasteiger partial charge in [-0.05, 0) is 12.5 Å². The third kappa shape index (κ3) is 2.93. The number of rotatable bonds is 2. The van der Waals surface area contributed by atoms with Crippen LogP contribution in [-0.2, 0) is 14.4 Å². The Hall–Kier alpha value is -1.30. The van der Waals surface area contributed by atoms with E-state index in [1.165, 1.54) is 13.1 Å². The normalized spacial score (nSPS) is 25.1. The Morgan fingerprint density at radius 3 is 2.44 bits per heavy atom. The minimum Gasteiger partial charge on any atom is -0.185 e. The topological polar surface area (TPSA) is 43.4 Å². The molecule has 1 atom stereocenters. The molecule has 0 aromatic rings. The van der Waals surface area contributed by atoms with Gasteiger partial charge < -0.3 is 0 Å². The highest BCUT2D eigenvalue weighted by molar-refractivity contribution is 7.87. The van der Waals surface area contributed by atoms with Gasteiger partial charge in [0.1, 0.15) is 19.8 Å². The first-order chi connectivity index (χ1) is 8.01. The van der Waals surface area contributed by atoms with Gasteiger partial charge in [-0.1, -0.05) is 10.2 Å². The SMILES string of the molecule is C#CC1=C(C)C[N+](C)(OS(=O)(=O)C(F)(F)F)C=C1. The molecule has 8 heteroatoms. The van der Waals surface area contributed by atoms with Crippen LogP contribution in [0.25, 0.3) is 0 Å². The smallest absolute Gasteiger partial charge is 0.185 e. The standard InChI is InChI=1S/C10H11F3NO3S/c1-4-9-5-6-14(3,7-8(9)2)17-18(15,16)10(11,12)13/h1,5-6H,7H2,2-3H3/q+1. The maximum Gasteiger partial charge on any atom is 0.528 e. The first-order valence-electron chi connectivity index (χ1n) is 4.74. The molecule has 0 amide bonds. The Balaban J connectivity index is 3.00. The van der Waals surface area contributed by atoms with Crippen LogP contribution in [0.15, 0.2) is 23.4 Å². The van der Waals surface area contributed by atoms with E-state index in [9.17, 15) is 21.6 Å². The lowest BCUT2D eigenvalue weighted by molar-refractivity contribution is -1.02. The summed E-state index contributed by atoms with van der Waals surface area (Å²) in [6.45, 7) is 1.52. The number of quaternary nitrogens is 1. The zero-order chi connectivity index (χ0) is 14.2. The molecule has 18 heavy (non-hydrogen) atoms. The van der Waals surface area contributed by atoms with Gasteiger partial charge in [0.25, 0.3) is 0 Å². The number of likely N-dealkylation sites (N-methyl/N-ethyl adjacent to an activating group) is 1. The Labute approximate surface area is 103 Å². The van der Waals surface area contributed by atoms with Gasteiger partial charge in [-0.2, -0.15) is 21.6 Å². The predicted molar refractivity (Wildman–Crippen MR) is 57.8 cm³/mol. The Bertz CT molecular complexity index is 554. The van der Waals surface area contributed by atoms with E-state index in [1.807, 2.05) is 0 Å². The highest BCUT2D eigenvalue weighted by atomic mass is 32.2. The van der Waals surface area contributed by atoms with Crippen molar-refractivity contribution in [2.75, 3.05) is 13.6 Å². The van der Waals surface area contributed by atoms with Gasteiger partial charge in [0.2, 0.25) is 0 Å². The largest absolute Gasteiger partial charge is 0.528 e. The highest BCUT2D eigenvalue weighted by Crippen LogP contribution is 2.30. The number of hydrogen-bond donors (Lipinski definition) is 0. The van der Waals surface area contributed by atoms with Crippen LogP contribution in [0.4, 0.5) is 13.2 Å². The molecule has 0 aliphatic carbocycles. The molecule has 1 rings (SSSR count). The number of hydrogen-bond acceptors (Lipinski definition) is 3. The molecule has 0 fully saturated rings. The molecule has 0 aromatic carbocycles. The van der Waals surface area contributed by atoms with E-state index < -0.39 is 20.3 Å². The quantitative estimate of drug-likeness (QED) is 0.440. The molecule has 0 aromatic heterocycles. The third-order valence-electron chi connectivity index (χ3n) is 2.27. The van der Waals surface area contributed by atoms with Crippen LogP contribution in [0, 0.1) is 12.3 Å². The molecule has 1 aliphatic heterocycles. The van der Waals surface area contributed by atoms with E-state index in [1.54, 1.807) is 6.92 Å². The minimum absolute atomic E-state index is 0.0780. The van der Waals surface area contributed by atoms with Crippen LogP contribution >= 0.6 is 0 Å². The molecule has 0 radical (unpaired) electrons. The molecule has 1 heterocycles. The summed E-state index contributed by atoms with van der Waals surface area (Å²) in [7, 11) is -4.47. The second-order valence-corrected chi connectivity index (χ2v) is 5.48. The molecule has 0 spiro atoms. The first kappa shape index (κ1) is 14.8. The summed E-state index contributed by atoms with van der Waals surface area (Å²) < 4.78 is 61.8. The fourth-order valence-electron chi connectivity index (χ4n) is 1.47. The third-order valence-corrected chi connectivity index (χ3v) is 3.38. The summed E-state index contributed by atoms with van der Waals surface area (Å²) in [6.07, 6.45) is 7.68. The Morgan fingerprint density at radius 1 is 1.50 bits per heavy atom. The number of alkyl halides is 3. The lowest BCUT2D eigenvalue weighted by Gasteiger charge is -2.29. The molecule has 0 saturated carbocycles. The van der Waals surface area contributed by atoms with Crippen molar-refractivity contribution in [2.45, 2.75) is 12.4 Å². The van der Waals surface area contributed by atoms with Crippen molar-refractivity contribution in [3.05, 3.63) is 23.4 Å². The van der Waals surface area contributed by atoms with E-state index in [4.69, 9.17) is 6.42 Å². The van der Waals surface area contributed by atoms with Gasteiger partial charge in [-0.3, -0.25) is 0 Å². The molecule has 1 aliphatic rings. The monoisotopic (exact) mass is 282 g/mol. The minimum atomic E-state index is -5.66. The molecule has 0 N–H and O–H groups in total. The van der Waals surface area contributed by atoms with Gasteiger partial charge in [-0.25, -0.2) is 0 Å². The van der Waals surface area contributed by atoms with Crippen LogP contribution in [-0.4, -0.2) is 32.2 Å². The van der Waals surface area contributed by atoms with E-state index in [0.717, 1.165) is 6.20 Å². The van der Waals surface area contributed by atoms with Gasteiger partial charge in [0.15, 0.2) is 0 Å². The van der Waals surface area contributed by atoms with E-state index in [0.29, 0.717) is 11.1 Å². The summed E-state index contributed by atoms with van der Waals surface area (Å²) >= 11 is 0. The average Bonchev–Trinajstić information content (AvgIpc) is 2.14. The van der Waals surface area contributed by atoms with Crippen molar-refractivity contribution in [3.8, 4) is 12.3 Å². The maximum absolute atomic E-state index is 12.2. The van der Waals surface area contributed by atoms with Gasteiger partial charge >= 0.3 is 15.6 Å². The van der Waals surface area contributed by atoms with Gasteiger partial charge in [0, 0.05) is 11.6 Å². The fourth-order valence-corrected chi connectivity index (χ4v) is 2.11. The van der Waals surface area contributed by atoms with E-state index >= 15 is 0 Å². The number of halogens is 3. The lowest BCUT2D eigenvalue weighted by atomic mass is 10.1. The van der Waals surface area contributed by atoms with E-state index in [2.05, 4.69) is 10.2 Å². The number of hydroxylamine groups is 3. The lowest BCUT2D eigenvalue weighted by Crippen LogP contribution is -2.46. The summed E-state index contributed by atoms with van der Waals surface area (Å²) in [6, 6.07) is 0. The molecule has 0 saturated heterocycles. The summed E-state index contributed by atoms with van der Waals surface area (Å²) in [5.41, 5.74) is -4.38. The average molecular weight is 282 g/mol. The second-order valence-electron chi connectivity index (χ2n) is 3.96. The zero-order valence-corrected chi connectivity index (χ0v) is 10.5. The molecule has 0 bridgehead atoms. The first-order valence-corrected chi connectivity index (χ1v) is 6.15. The van der Waals surface area contributed by atoms with Crippen molar-refractivity contribution in [2.24, 2.45) is 0 Å². The summed E-state index contributed by atoms with van der Waals surface area (Å²) in [5.74, 6) is 2.34. The van der Waals surface area contributed by atoms with Crippen molar-refractivity contribution < 1.29 is 30.5 Å². The van der Waals surface area contributed by atoms with Crippen molar-refractivity contribution in [3.63, 3.8) is 0 Å². The number of terminal acetylenes is 1. The molecular formula is C10H11F3NO3S+. The van der Waals surface area contributed by atoms with Crippen LogP contribution in [0.2, 0.25) is 0 Å².